The van der Waals surface area contributed by atoms with Gasteiger partial charge in [-0.25, -0.2) is 4.98 Å². The van der Waals surface area contributed by atoms with Gasteiger partial charge in [-0.15, -0.1) is 0 Å². The molecule has 4 rings (SSSR count). The van der Waals surface area contributed by atoms with Gasteiger partial charge in [-0.2, -0.15) is 0 Å². The molecule has 1 aromatic heterocycles. The van der Waals surface area contributed by atoms with Gasteiger partial charge in [0.2, 0.25) is 0 Å². The maximum Gasteiger partial charge on any atom is 0.251 e. The molecule has 1 unspecified atom stereocenters. The number of rotatable bonds is 4. The lowest BCUT2D eigenvalue weighted by atomic mass is 10.1. The zero-order chi connectivity index (χ0) is 19.5. The number of amides is 1. The number of hydrogen-bond donors (Lipinski definition) is 1. The molecular formula is C20H22ClN3O4. The van der Waals surface area contributed by atoms with Crippen LogP contribution in [0.5, 0.6) is 11.5 Å². The smallest absolute Gasteiger partial charge is 0.251 e. The van der Waals surface area contributed by atoms with Crippen LogP contribution in [0.15, 0.2) is 30.5 Å². The fourth-order valence-corrected chi connectivity index (χ4v) is 3.53. The molecule has 1 aromatic carbocycles. The molecule has 1 fully saturated rings. The SMILES string of the molecule is CC1CN(c2ccc(CNC(=O)c3cc(Cl)c4c(c3)OCCO4)cn2)CCO1. The number of aromatic nitrogens is 1. The van der Waals surface area contributed by atoms with Crippen LogP contribution in [-0.2, 0) is 11.3 Å². The first-order valence-corrected chi connectivity index (χ1v) is 9.67. The standard InChI is InChI=1S/C20H22ClN3O4/c1-13-12-24(4-5-26-13)18-3-2-14(10-22-18)11-23-20(25)15-8-16(21)19-17(9-15)27-6-7-28-19/h2-3,8-10,13H,4-7,11-12H2,1H3,(H,23,25). The number of fused-ring (bicyclic) bond motifs is 1. The number of pyridine rings is 1. The van der Waals surface area contributed by atoms with Crippen molar-refractivity contribution in [3.8, 4) is 11.5 Å². The summed E-state index contributed by atoms with van der Waals surface area (Å²) >= 11 is 6.20. The highest BCUT2D eigenvalue weighted by atomic mass is 35.5. The predicted molar refractivity (Wildman–Crippen MR) is 105 cm³/mol. The van der Waals surface area contributed by atoms with Crippen molar-refractivity contribution in [3.63, 3.8) is 0 Å². The molecule has 0 radical (unpaired) electrons. The van der Waals surface area contributed by atoms with Crippen LogP contribution < -0.4 is 19.7 Å². The van der Waals surface area contributed by atoms with Crippen molar-refractivity contribution in [3.05, 3.63) is 46.6 Å². The van der Waals surface area contributed by atoms with Crippen LogP contribution in [0.25, 0.3) is 0 Å². The highest BCUT2D eigenvalue weighted by Crippen LogP contribution is 2.38. The Labute approximate surface area is 168 Å². The molecule has 8 heteroatoms. The van der Waals surface area contributed by atoms with E-state index in [-0.39, 0.29) is 12.0 Å². The number of morpholine rings is 1. The maximum absolute atomic E-state index is 12.5. The summed E-state index contributed by atoms with van der Waals surface area (Å²) in [5.74, 6) is 1.67. The number of ether oxygens (including phenoxy) is 3. The number of halogens is 1. The first-order chi connectivity index (χ1) is 13.6. The zero-order valence-electron chi connectivity index (χ0n) is 15.6. The third-order valence-electron chi connectivity index (χ3n) is 4.69. The lowest BCUT2D eigenvalue weighted by Gasteiger charge is -2.32. The molecule has 2 aromatic rings. The number of hydrogen-bond acceptors (Lipinski definition) is 6. The van der Waals surface area contributed by atoms with E-state index in [1.54, 1.807) is 18.3 Å². The number of carbonyl (C=O) groups excluding carboxylic acids is 1. The summed E-state index contributed by atoms with van der Waals surface area (Å²) in [6.45, 7) is 5.68. The molecule has 28 heavy (non-hydrogen) atoms. The molecule has 2 aliphatic rings. The van der Waals surface area contributed by atoms with Gasteiger partial charge >= 0.3 is 0 Å². The van der Waals surface area contributed by atoms with Gasteiger partial charge in [0.15, 0.2) is 11.5 Å². The van der Waals surface area contributed by atoms with Gasteiger partial charge in [-0.3, -0.25) is 4.79 Å². The van der Waals surface area contributed by atoms with E-state index in [1.165, 1.54) is 0 Å². The summed E-state index contributed by atoms with van der Waals surface area (Å²) in [7, 11) is 0. The summed E-state index contributed by atoms with van der Waals surface area (Å²) < 4.78 is 16.6. The molecule has 0 bridgehead atoms. The Balaban J connectivity index is 1.38. The Morgan fingerprint density at radius 2 is 2.14 bits per heavy atom. The number of anilines is 1. The molecular weight excluding hydrogens is 382 g/mol. The first-order valence-electron chi connectivity index (χ1n) is 9.29. The van der Waals surface area contributed by atoms with Crippen molar-refractivity contribution in [1.82, 2.24) is 10.3 Å². The topological polar surface area (TPSA) is 72.9 Å². The van der Waals surface area contributed by atoms with E-state index in [9.17, 15) is 4.79 Å². The summed E-state index contributed by atoms with van der Waals surface area (Å²) in [5.41, 5.74) is 1.35. The molecule has 1 atom stereocenters. The van der Waals surface area contributed by atoms with Crippen LogP contribution in [0.4, 0.5) is 5.82 Å². The van der Waals surface area contributed by atoms with Gasteiger partial charge in [0.1, 0.15) is 19.0 Å². The van der Waals surface area contributed by atoms with Crippen LogP contribution in [0.3, 0.4) is 0 Å². The fourth-order valence-electron chi connectivity index (χ4n) is 3.26. The quantitative estimate of drug-likeness (QED) is 0.846. The predicted octanol–water partition coefficient (Wildman–Crippen LogP) is 2.66. The second kappa shape index (κ2) is 8.24. The van der Waals surface area contributed by atoms with Crippen molar-refractivity contribution in [2.45, 2.75) is 19.6 Å². The number of nitrogens with one attached hydrogen (secondary N) is 1. The van der Waals surface area contributed by atoms with Crippen LogP contribution in [0.1, 0.15) is 22.8 Å². The number of nitrogens with zero attached hydrogens (tertiary/aromatic N) is 2. The maximum atomic E-state index is 12.5. The Bertz CT molecular complexity index is 859. The van der Waals surface area contributed by atoms with Crippen LogP contribution in [-0.4, -0.2) is 49.9 Å². The first kappa shape index (κ1) is 18.8. The summed E-state index contributed by atoms with van der Waals surface area (Å²) in [6.07, 6.45) is 1.99. The Kier molecular flexibility index (Phi) is 5.54. The molecule has 148 valence electrons. The second-order valence-corrected chi connectivity index (χ2v) is 7.22. The van der Waals surface area contributed by atoms with Crippen molar-refractivity contribution < 1.29 is 19.0 Å². The van der Waals surface area contributed by atoms with Gasteiger partial charge in [0.25, 0.3) is 5.91 Å². The minimum absolute atomic E-state index is 0.201. The van der Waals surface area contributed by atoms with Crippen LogP contribution in [0.2, 0.25) is 5.02 Å². The van der Waals surface area contributed by atoms with Crippen molar-refractivity contribution in [2.24, 2.45) is 0 Å². The van der Waals surface area contributed by atoms with E-state index >= 15 is 0 Å². The summed E-state index contributed by atoms with van der Waals surface area (Å²) in [4.78, 5) is 19.2. The largest absolute Gasteiger partial charge is 0.486 e. The minimum Gasteiger partial charge on any atom is -0.486 e. The Morgan fingerprint density at radius 1 is 1.29 bits per heavy atom. The number of benzene rings is 1. The van der Waals surface area contributed by atoms with Crippen LogP contribution >= 0.6 is 11.6 Å². The fraction of sp³-hybridized carbons (Fsp3) is 0.400. The van der Waals surface area contributed by atoms with Crippen molar-refractivity contribution in [1.29, 1.82) is 0 Å². The monoisotopic (exact) mass is 403 g/mol. The van der Waals surface area contributed by atoms with E-state index in [0.29, 0.717) is 48.5 Å². The average Bonchev–Trinajstić information content (AvgIpc) is 2.72. The molecule has 1 saturated heterocycles. The number of carbonyl (C=O) groups is 1. The highest BCUT2D eigenvalue weighted by Gasteiger charge is 2.20. The van der Waals surface area contributed by atoms with Crippen molar-refractivity contribution in [2.75, 3.05) is 37.8 Å². The molecule has 7 nitrogen and oxygen atoms in total. The summed E-state index contributed by atoms with van der Waals surface area (Å²) in [5, 5.41) is 3.26. The van der Waals surface area contributed by atoms with E-state index in [0.717, 1.165) is 24.5 Å². The van der Waals surface area contributed by atoms with Crippen molar-refractivity contribution >= 4 is 23.3 Å². The van der Waals surface area contributed by atoms with Crippen LogP contribution in [0, 0.1) is 0 Å². The van der Waals surface area contributed by atoms with E-state index in [1.807, 2.05) is 12.1 Å². The van der Waals surface area contributed by atoms with E-state index in [4.69, 9.17) is 25.8 Å². The summed E-state index contributed by atoms with van der Waals surface area (Å²) in [6, 6.07) is 7.18. The second-order valence-electron chi connectivity index (χ2n) is 6.82. The Hall–Kier alpha value is -2.51. The lowest BCUT2D eigenvalue weighted by Crippen LogP contribution is -2.41. The lowest BCUT2D eigenvalue weighted by molar-refractivity contribution is 0.0529. The molecule has 3 heterocycles. The Morgan fingerprint density at radius 3 is 2.93 bits per heavy atom. The minimum atomic E-state index is -0.232. The zero-order valence-corrected chi connectivity index (χ0v) is 16.4. The molecule has 0 spiro atoms. The molecule has 0 saturated carbocycles. The van der Waals surface area contributed by atoms with Gasteiger partial charge in [-0.05, 0) is 30.7 Å². The van der Waals surface area contributed by atoms with Gasteiger partial charge in [-0.1, -0.05) is 17.7 Å². The third-order valence-corrected chi connectivity index (χ3v) is 4.97. The van der Waals surface area contributed by atoms with Gasteiger partial charge < -0.3 is 24.4 Å². The van der Waals surface area contributed by atoms with E-state index < -0.39 is 0 Å². The highest BCUT2D eigenvalue weighted by molar-refractivity contribution is 6.32. The molecule has 2 aliphatic heterocycles. The van der Waals surface area contributed by atoms with E-state index in [2.05, 4.69) is 22.1 Å². The molecule has 1 N–H and O–H groups in total. The third kappa shape index (κ3) is 4.15. The average molecular weight is 404 g/mol. The van der Waals surface area contributed by atoms with Gasteiger partial charge in [0.05, 0.1) is 17.7 Å². The van der Waals surface area contributed by atoms with Gasteiger partial charge in [0, 0.05) is 31.4 Å². The molecule has 0 aliphatic carbocycles. The normalized spacial score (nSPS) is 18.6. The molecule has 1 amide bonds.